The van der Waals surface area contributed by atoms with E-state index in [0.29, 0.717) is 12.1 Å². The van der Waals surface area contributed by atoms with Crippen LogP contribution in [0.2, 0.25) is 0 Å². The van der Waals surface area contributed by atoms with E-state index in [1.165, 1.54) is 36.4 Å². The standard InChI is InChI=1S/C17H24N2S/c1-13-7-9-15(10-8-13)18-17-19-16(12-20-17)11-14-5-3-2-4-6-14/h2-6,13,15-16H,7-12H2,1H3,(H,18,19). The van der Waals surface area contributed by atoms with Crippen LogP contribution in [0.1, 0.15) is 38.2 Å². The Bertz CT molecular complexity index is 449. The number of hydrogen-bond donors (Lipinski definition) is 1. The van der Waals surface area contributed by atoms with Crippen molar-refractivity contribution in [3.8, 4) is 0 Å². The molecule has 0 saturated heterocycles. The van der Waals surface area contributed by atoms with Crippen LogP contribution in [-0.2, 0) is 6.42 Å². The lowest BCUT2D eigenvalue weighted by Gasteiger charge is -2.27. The Balaban J connectivity index is 1.50. The Hall–Kier alpha value is -0.960. The van der Waals surface area contributed by atoms with E-state index in [0.717, 1.165) is 18.1 Å². The molecular weight excluding hydrogens is 264 g/mol. The maximum absolute atomic E-state index is 4.86. The fourth-order valence-electron chi connectivity index (χ4n) is 3.06. The molecule has 1 aromatic carbocycles. The summed E-state index contributed by atoms with van der Waals surface area (Å²) in [6.07, 6.45) is 6.42. The summed E-state index contributed by atoms with van der Waals surface area (Å²) in [6, 6.07) is 11.8. The average Bonchev–Trinajstić information content (AvgIpc) is 2.90. The van der Waals surface area contributed by atoms with Crippen LogP contribution in [-0.4, -0.2) is 23.0 Å². The molecule has 1 saturated carbocycles. The summed E-state index contributed by atoms with van der Waals surface area (Å²) in [6.45, 7) is 2.37. The summed E-state index contributed by atoms with van der Waals surface area (Å²) in [4.78, 5) is 4.86. The minimum Gasteiger partial charge on any atom is -0.362 e. The molecule has 0 aromatic heterocycles. The SMILES string of the molecule is CC1CCC(NC2=NC(Cc3ccccc3)CS2)CC1. The summed E-state index contributed by atoms with van der Waals surface area (Å²) in [5.41, 5.74) is 1.40. The number of thioether (sulfide) groups is 1. The maximum atomic E-state index is 4.86. The molecule has 0 spiro atoms. The highest BCUT2D eigenvalue weighted by Gasteiger charge is 2.23. The van der Waals surface area contributed by atoms with Crippen LogP contribution in [0.25, 0.3) is 0 Å². The average molecular weight is 288 g/mol. The molecule has 1 aromatic rings. The first-order valence-corrected chi connectivity index (χ1v) is 8.79. The number of rotatable bonds is 3. The minimum atomic E-state index is 0.451. The highest BCUT2D eigenvalue weighted by molar-refractivity contribution is 8.14. The normalized spacial score (nSPS) is 30.1. The summed E-state index contributed by atoms with van der Waals surface area (Å²) >= 11 is 1.90. The topological polar surface area (TPSA) is 24.4 Å². The first kappa shape index (κ1) is 14.0. The second-order valence-electron chi connectivity index (χ2n) is 6.19. The molecule has 0 radical (unpaired) electrons. The van der Waals surface area contributed by atoms with E-state index in [9.17, 15) is 0 Å². The van der Waals surface area contributed by atoms with E-state index in [1.54, 1.807) is 0 Å². The molecule has 3 rings (SSSR count). The van der Waals surface area contributed by atoms with Crippen LogP contribution in [0, 0.1) is 5.92 Å². The van der Waals surface area contributed by atoms with Crippen molar-refractivity contribution in [2.45, 2.75) is 51.1 Å². The van der Waals surface area contributed by atoms with Crippen molar-refractivity contribution in [2.75, 3.05) is 5.75 Å². The number of hydrogen-bond acceptors (Lipinski definition) is 3. The van der Waals surface area contributed by atoms with Crippen LogP contribution >= 0.6 is 11.8 Å². The zero-order chi connectivity index (χ0) is 13.8. The molecule has 2 nitrogen and oxygen atoms in total. The number of aliphatic imine (C=N–C) groups is 1. The van der Waals surface area contributed by atoms with Gasteiger partial charge in [-0.1, -0.05) is 49.0 Å². The molecule has 1 N–H and O–H groups in total. The predicted molar refractivity (Wildman–Crippen MR) is 88.4 cm³/mol. The zero-order valence-corrected chi connectivity index (χ0v) is 13.0. The Morgan fingerprint density at radius 3 is 2.65 bits per heavy atom. The third kappa shape index (κ3) is 3.78. The molecule has 0 bridgehead atoms. The van der Waals surface area contributed by atoms with Crippen LogP contribution in [0.15, 0.2) is 35.3 Å². The lowest BCUT2D eigenvalue weighted by Crippen LogP contribution is -2.35. The van der Waals surface area contributed by atoms with E-state index in [4.69, 9.17) is 4.99 Å². The number of nitrogens with zero attached hydrogens (tertiary/aromatic N) is 1. The van der Waals surface area contributed by atoms with Gasteiger partial charge in [-0.3, -0.25) is 4.99 Å². The van der Waals surface area contributed by atoms with Crippen LogP contribution < -0.4 is 5.32 Å². The molecule has 20 heavy (non-hydrogen) atoms. The van der Waals surface area contributed by atoms with Gasteiger partial charge in [0.15, 0.2) is 5.17 Å². The second-order valence-corrected chi connectivity index (χ2v) is 7.20. The molecule has 3 heteroatoms. The second kappa shape index (κ2) is 6.66. The fraction of sp³-hybridized carbons (Fsp3) is 0.588. The Morgan fingerprint density at radius 1 is 1.15 bits per heavy atom. The third-order valence-corrected chi connectivity index (χ3v) is 5.42. The van der Waals surface area contributed by atoms with Gasteiger partial charge in [0.25, 0.3) is 0 Å². The monoisotopic (exact) mass is 288 g/mol. The summed E-state index contributed by atoms with van der Waals surface area (Å²) in [7, 11) is 0. The van der Waals surface area contributed by atoms with E-state index >= 15 is 0 Å². The number of nitrogens with one attached hydrogen (secondary N) is 1. The molecule has 1 fully saturated rings. The predicted octanol–water partition coefficient (Wildman–Crippen LogP) is 3.87. The van der Waals surface area contributed by atoms with Crippen LogP contribution in [0.5, 0.6) is 0 Å². The largest absolute Gasteiger partial charge is 0.362 e. The van der Waals surface area contributed by atoms with Crippen molar-refractivity contribution in [3.05, 3.63) is 35.9 Å². The first-order valence-electron chi connectivity index (χ1n) is 7.80. The van der Waals surface area contributed by atoms with Crippen molar-refractivity contribution in [1.82, 2.24) is 5.32 Å². The van der Waals surface area contributed by atoms with Gasteiger partial charge in [0, 0.05) is 11.8 Å². The molecule has 1 atom stereocenters. The number of amidine groups is 1. The van der Waals surface area contributed by atoms with Crippen molar-refractivity contribution >= 4 is 16.9 Å². The maximum Gasteiger partial charge on any atom is 0.157 e. The van der Waals surface area contributed by atoms with Gasteiger partial charge >= 0.3 is 0 Å². The van der Waals surface area contributed by atoms with Crippen molar-refractivity contribution in [2.24, 2.45) is 10.9 Å². The zero-order valence-electron chi connectivity index (χ0n) is 12.2. The number of benzene rings is 1. The molecule has 1 heterocycles. The molecule has 2 aliphatic rings. The van der Waals surface area contributed by atoms with Gasteiger partial charge < -0.3 is 5.32 Å². The molecule has 1 aliphatic heterocycles. The summed E-state index contributed by atoms with van der Waals surface area (Å²) < 4.78 is 0. The van der Waals surface area contributed by atoms with Crippen LogP contribution in [0.3, 0.4) is 0 Å². The van der Waals surface area contributed by atoms with Crippen LogP contribution in [0.4, 0.5) is 0 Å². The van der Waals surface area contributed by atoms with E-state index in [1.807, 2.05) is 11.8 Å². The molecule has 108 valence electrons. The Morgan fingerprint density at radius 2 is 1.90 bits per heavy atom. The van der Waals surface area contributed by atoms with Gasteiger partial charge in [0.05, 0.1) is 6.04 Å². The lowest BCUT2D eigenvalue weighted by molar-refractivity contribution is 0.332. The molecule has 0 amide bonds. The van der Waals surface area contributed by atoms with Gasteiger partial charge in [-0.25, -0.2) is 0 Å². The molecule has 1 aliphatic carbocycles. The van der Waals surface area contributed by atoms with Crippen molar-refractivity contribution < 1.29 is 0 Å². The smallest absolute Gasteiger partial charge is 0.157 e. The summed E-state index contributed by atoms with van der Waals surface area (Å²) in [5.74, 6) is 2.04. The minimum absolute atomic E-state index is 0.451. The van der Waals surface area contributed by atoms with Gasteiger partial charge in [-0.15, -0.1) is 0 Å². The fourth-order valence-corrected chi connectivity index (χ4v) is 4.08. The highest BCUT2D eigenvalue weighted by Crippen LogP contribution is 2.26. The highest BCUT2D eigenvalue weighted by atomic mass is 32.2. The third-order valence-electron chi connectivity index (χ3n) is 4.37. The van der Waals surface area contributed by atoms with Gasteiger partial charge in [-0.2, -0.15) is 0 Å². The van der Waals surface area contributed by atoms with Gasteiger partial charge in [0.2, 0.25) is 0 Å². The van der Waals surface area contributed by atoms with Crippen molar-refractivity contribution in [1.29, 1.82) is 0 Å². The van der Waals surface area contributed by atoms with E-state index in [2.05, 4.69) is 42.6 Å². The van der Waals surface area contributed by atoms with E-state index in [-0.39, 0.29) is 0 Å². The Labute approximate surface area is 126 Å². The summed E-state index contributed by atoms with van der Waals surface area (Å²) in [5, 5.41) is 4.85. The van der Waals surface area contributed by atoms with Crippen molar-refractivity contribution in [3.63, 3.8) is 0 Å². The molecular formula is C17H24N2S. The van der Waals surface area contributed by atoms with Gasteiger partial charge in [0.1, 0.15) is 0 Å². The molecule has 1 unspecified atom stereocenters. The van der Waals surface area contributed by atoms with E-state index < -0.39 is 0 Å². The Kier molecular flexibility index (Phi) is 4.66. The first-order chi connectivity index (χ1) is 9.79. The lowest BCUT2D eigenvalue weighted by atomic mass is 9.87. The quantitative estimate of drug-likeness (QED) is 0.913. The van der Waals surface area contributed by atoms with Gasteiger partial charge in [-0.05, 0) is 43.6 Å².